The molecule has 0 radical (unpaired) electrons. The molecule has 0 saturated carbocycles. The first kappa shape index (κ1) is 23.6. The van der Waals surface area contributed by atoms with Gasteiger partial charge in [0, 0.05) is 42.4 Å². The Hall–Kier alpha value is -3.13. The molecular weight excluding hydrogens is 455 g/mol. The molecule has 1 aliphatic rings. The molecule has 1 aliphatic heterocycles. The van der Waals surface area contributed by atoms with E-state index in [9.17, 15) is 18.0 Å². The first-order chi connectivity index (χ1) is 17.1. The number of halogens is 3. The average molecular weight is 487 g/mol. The van der Waals surface area contributed by atoms with Gasteiger partial charge in [-0.05, 0) is 37.1 Å². The second-order valence-corrected chi connectivity index (χ2v) is 9.31. The number of ether oxygens (including phenoxy) is 1. The largest absolute Gasteiger partial charge is 0.378 e. The summed E-state index contributed by atoms with van der Waals surface area (Å²) in [7, 11) is 1.62. The van der Waals surface area contributed by atoms with Crippen molar-refractivity contribution in [3.05, 3.63) is 71.1 Å². The molecule has 2 aromatic carbocycles. The van der Waals surface area contributed by atoms with Crippen molar-refractivity contribution in [3.8, 4) is 0 Å². The predicted octanol–water partition coefficient (Wildman–Crippen LogP) is 6.21. The van der Waals surface area contributed by atoms with Gasteiger partial charge in [-0.1, -0.05) is 38.1 Å². The molecule has 186 valence electrons. The van der Waals surface area contributed by atoms with Crippen molar-refractivity contribution in [2.75, 3.05) is 25.5 Å². The van der Waals surface area contributed by atoms with Crippen LogP contribution in [0.3, 0.4) is 0 Å². The van der Waals surface area contributed by atoms with Gasteiger partial charge in [0.1, 0.15) is 11.4 Å². The summed E-state index contributed by atoms with van der Waals surface area (Å²) in [5.41, 5.74) is 0.708. The lowest BCUT2D eigenvalue weighted by molar-refractivity contribution is -0.134. The van der Waals surface area contributed by atoms with Gasteiger partial charge in [0.25, 0.3) is 6.43 Å². The van der Waals surface area contributed by atoms with Gasteiger partial charge in [-0.15, -0.1) is 0 Å². The average Bonchev–Trinajstić information content (AvgIpc) is 3.29. The maximum absolute atomic E-state index is 14.8. The molecule has 1 N–H and O–H groups in total. The van der Waals surface area contributed by atoms with Crippen molar-refractivity contribution in [2.45, 2.75) is 45.3 Å². The van der Waals surface area contributed by atoms with Gasteiger partial charge in [-0.2, -0.15) is 0 Å². The molecule has 1 saturated heterocycles. The van der Waals surface area contributed by atoms with Crippen molar-refractivity contribution < 1.29 is 24.1 Å². The molecular formula is C27H30F3N3O2. The molecule has 8 heteroatoms. The Bertz CT molecular complexity index is 1290. The monoisotopic (exact) mass is 486 g/mol. The summed E-state index contributed by atoms with van der Waals surface area (Å²) >= 11 is 0. The quantitative estimate of drug-likeness (QED) is 0.431. The SMILES string of the molecule is [2H]c1cc(N[C@H](C)c2cccc(C(F)F)c2F)c2cc([C@@]3(OC)CCN(C(=O)C(C)C)C3)ccc2n1. The fourth-order valence-corrected chi connectivity index (χ4v) is 4.73. The Labute approximate surface area is 204 Å². The second-order valence-electron chi connectivity index (χ2n) is 9.31. The highest BCUT2D eigenvalue weighted by molar-refractivity contribution is 5.92. The number of amides is 1. The molecule has 2 atom stereocenters. The van der Waals surface area contributed by atoms with Crippen LogP contribution in [0.2, 0.25) is 0 Å². The zero-order valence-electron chi connectivity index (χ0n) is 21.2. The molecule has 5 nitrogen and oxygen atoms in total. The van der Waals surface area contributed by atoms with E-state index in [0.717, 1.165) is 11.6 Å². The van der Waals surface area contributed by atoms with Gasteiger partial charge in [-0.3, -0.25) is 9.78 Å². The summed E-state index contributed by atoms with van der Waals surface area (Å²) in [5, 5.41) is 3.87. The third kappa shape index (κ3) is 4.72. The van der Waals surface area contributed by atoms with Crippen LogP contribution in [0.5, 0.6) is 0 Å². The Kier molecular flexibility index (Phi) is 6.65. The third-order valence-electron chi connectivity index (χ3n) is 6.77. The van der Waals surface area contributed by atoms with Gasteiger partial charge in [-0.25, -0.2) is 13.2 Å². The van der Waals surface area contributed by atoms with Crippen LogP contribution in [0.4, 0.5) is 18.9 Å². The molecule has 1 amide bonds. The van der Waals surface area contributed by atoms with Crippen LogP contribution < -0.4 is 5.32 Å². The highest BCUT2D eigenvalue weighted by atomic mass is 19.3. The number of nitrogens with zero attached hydrogens (tertiary/aromatic N) is 2. The highest BCUT2D eigenvalue weighted by Crippen LogP contribution is 2.38. The van der Waals surface area contributed by atoms with Crippen LogP contribution in [0.1, 0.15) is 57.7 Å². The van der Waals surface area contributed by atoms with Gasteiger partial charge in [0.05, 0.1) is 25.0 Å². The summed E-state index contributed by atoms with van der Waals surface area (Å²) in [5.74, 6) is -0.994. The lowest BCUT2D eigenvalue weighted by Crippen LogP contribution is -2.37. The van der Waals surface area contributed by atoms with Crippen molar-refractivity contribution in [3.63, 3.8) is 0 Å². The van der Waals surface area contributed by atoms with E-state index in [0.29, 0.717) is 36.1 Å². The molecule has 0 spiro atoms. The third-order valence-corrected chi connectivity index (χ3v) is 6.77. The van der Waals surface area contributed by atoms with Crippen molar-refractivity contribution >= 4 is 22.5 Å². The van der Waals surface area contributed by atoms with Gasteiger partial charge in [0.15, 0.2) is 0 Å². The summed E-state index contributed by atoms with van der Waals surface area (Å²) in [6, 6.07) is 10.4. The second kappa shape index (κ2) is 9.85. The first-order valence-corrected chi connectivity index (χ1v) is 11.6. The van der Waals surface area contributed by atoms with Crippen molar-refractivity contribution in [1.82, 2.24) is 9.88 Å². The number of aromatic nitrogens is 1. The highest BCUT2D eigenvalue weighted by Gasteiger charge is 2.42. The van der Waals surface area contributed by atoms with Gasteiger partial charge >= 0.3 is 0 Å². The fraction of sp³-hybridized carbons (Fsp3) is 0.407. The number of hydrogen-bond donors (Lipinski definition) is 1. The molecule has 4 rings (SSSR count). The Morgan fingerprint density at radius 1 is 1.20 bits per heavy atom. The number of alkyl halides is 2. The Balaban J connectivity index is 1.72. The number of carbonyl (C=O) groups is 1. The van der Waals surface area contributed by atoms with E-state index in [1.54, 1.807) is 20.1 Å². The molecule has 2 heterocycles. The van der Waals surface area contributed by atoms with Gasteiger partial charge < -0.3 is 15.0 Å². The normalized spacial score (nSPS) is 19.5. The van der Waals surface area contributed by atoms with E-state index in [1.165, 1.54) is 18.2 Å². The summed E-state index contributed by atoms with van der Waals surface area (Å²) in [6.45, 7) is 6.41. The lowest BCUT2D eigenvalue weighted by Gasteiger charge is -2.29. The van der Waals surface area contributed by atoms with E-state index in [-0.39, 0.29) is 23.6 Å². The van der Waals surface area contributed by atoms with E-state index in [2.05, 4.69) is 10.3 Å². The van der Waals surface area contributed by atoms with Crippen molar-refractivity contribution in [2.24, 2.45) is 5.92 Å². The number of carbonyl (C=O) groups excluding carboxylic acids is 1. The standard InChI is InChI=1S/C27H30F3N3O2/c1-16(2)26(34)33-13-11-27(15-33,35-4)18-8-9-22-21(14-18)23(10-12-31-22)32-17(3)19-6-5-7-20(24(19)28)25(29)30/h5-10,12,14,16-17,25H,11,13,15H2,1-4H3,(H,31,32)/t17-,27-/m1/s1/i12D. The smallest absolute Gasteiger partial charge is 0.266 e. The number of pyridine rings is 1. The number of anilines is 1. The minimum absolute atomic E-state index is 0.0165. The molecule has 0 bridgehead atoms. The van der Waals surface area contributed by atoms with Crippen LogP contribution in [0.25, 0.3) is 10.9 Å². The zero-order chi connectivity index (χ0) is 26.2. The number of likely N-dealkylation sites (tertiary alicyclic amines) is 1. The number of nitrogens with one attached hydrogen (secondary N) is 1. The van der Waals surface area contributed by atoms with Crippen LogP contribution in [0, 0.1) is 11.7 Å². The van der Waals surface area contributed by atoms with E-state index in [4.69, 9.17) is 6.11 Å². The zero-order valence-corrected chi connectivity index (χ0v) is 20.2. The predicted molar refractivity (Wildman–Crippen MR) is 130 cm³/mol. The minimum Gasteiger partial charge on any atom is -0.378 e. The number of methoxy groups -OCH3 is 1. The molecule has 1 fully saturated rings. The number of fused-ring (bicyclic) bond motifs is 1. The van der Waals surface area contributed by atoms with Crippen LogP contribution in [0.15, 0.2) is 48.6 Å². The van der Waals surface area contributed by atoms with E-state index in [1.807, 2.05) is 30.9 Å². The van der Waals surface area contributed by atoms with E-state index < -0.39 is 29.4 Å². The summed E-state index contributed by atoms with van der Waals surface area (Å²) in [6.07, 6.45) is -2.27. The molecule has 0 aliphatic carbocycles. The molecule has 1 aromatic heterocycles. The fourth-order valence-electron chi connectivity index (χ4n) is 4.73. The minimum atomic E-state index is -2.92. The van der Waals surface area contributed by atoms with Crippen LogP contribution >= 0.6 is 0 Å². The Morgan fingerprint density at radius 3 is 2.63 bits per heavy atom. The maximum atomic E-state index is 14.8. The van der Waals surface area contributed by atoms with Crippen molar-refractivity contribution in [1.29, 1.82) is 0 Å². The lowest BCUT2D eigenvalue weighted by atomic mass is 9.91. The number of hydrogen-bond acceptors (Lipinski definition) is 4. The van der Waals surface area contributed by atoms with Gasteiger partial charge in [0.2, 0.25) is 5.91 Å². The maximum Gasteiger partial charge on any atom is 0.266 e. The molecule has 0 unspecified atom stereocenters. The molecule has 35 heavy (non-hydrogen) atoms. The van der Waals surface area contributed by atoms with E-state index >= 15 is 0 Å². The first-order valence-electron chi connectivity index (χ1n) is 12.1. The molecule has 3 aromatic rings. The summed E-state index contributed by atoms with van der Waals surface area (Å²) < 4.78 is 55.3. The van der Waals surface area contributed by atoms with Crippen LogP contribution in [-0.2, 0) is 15.1 Å². The Morgan fingerprint density at radius 2 is 1.94 bits per heavy atom. The summed E-state index contributed by atoms with van der Waals surface area (Å²) in [4.78, 5) is 18.7. The number of benzene rings is 2. The van der Waals surface area contributed by atoms with Crippen LogP contribution in [-0.4, -0.2) is 36.0 Å². The number of rotatable bonds is 7. The topological polar surface area (TPSA) is 54.5 Å².